The highest BCUT2D eigenvalue weighted by Gasteiger charge is 2.47. The van der Waals surface area contributed by atoms with Gasteiger partial charge in [0.1, 0.15) is 0 Å². The smallest absolute Gasteiger partial charge is 0.381 e. The van der Waals surface area contributed by atoms with Crippen molar-refractivity contribution < 1.29 is 35.2 Å². The molecule has 9 heteroatoms. The highest BCUT2D eigenvalue weighted by molar-refractivity contribution is 7.87. The molecule has 0 atom stereocenters. The largest absolute Gasteiger partial charge is 0.523 e. The summed E-state index contributed by atoms with van der Waals surface area (Å²) in [5.74, 6) is 0. The van der Waals surface area contributed by atoms with E-state index in [0.29, 0.717) is 26.2 Å². The van der Waals surface area contributed by atoms with Crippen LogP contribution in [0.15, 0.2) is 0 Å². The Balaban J connectivity index is 3.34. The molecule has 0 radical (unpaired) electrons. The van der Waals surface area contributed by atoms with Gasteiger partial charge in [0.2, 0.25) is 0 Å². The second kappa shape index (κ2) is 11.2. The third-order valence-electron chi connectivity index (χ3n) is 2.42. The molecule has 5 nitrogen and oxygen atoms in total. The SMILES string of the molecule is CCCCOCCCOCCCCOS(=O)(=O)C(F)(F)F. The number of halogens is 3. The summed E-state index contributed by atoms with van der Waals surface area (Å²) in [5, 5.41) is 0. The summed E-state index contributed by atoms with van der Waals surface area (Å²) in [6, 6.07) is 0. The van der Waals surface area contributed by atoms with Crippen LogP contribution in [0.5, 0.6) is 0 Å². The minimum atomic E-state index is -5.47. The zero-order chi connectivity index (χ0) is 16.2. The molecule has 0 aromatic heterocycles. The van der Waals surface area contributed by atoms with Crippen LogP contribution < -0.4 is 0 Å². The van der Waals surface area contributed by atoms with E-state index >= 15 is 0 Å². The topological polar surface area (TPSA) is 61.8 Å². The van der Waals surface area contributed by atoms with Crippen molar-refractivity contribution in [1.29, 1.82) is 0 Å². The van der Waals surface area contributed by atoms with E-state index in [1.165, 1.54) is 0 Å². The molecule has 0 amide bonds. The third-order valence-corrected chi connectivity index (χ3v) is 3.47. The van der Waals surface area contributed by atoms with E-state index in [1.54, 1.807) is 0 Å². The molecule has 0 N–H and O–H groups in total. The van der Waals surface area contributed by atoms with Crippen molar-refractivity contribution in [2.24, 2.45) is 0 Å². The maximum Gasteiger partial charge on any atom is 0.523 e. The maximum atomic E-state index is 11.9. The molecule has 0 unspecified atom stereocenters. The molecule has 0 aromatic carbocycles. The molecule has 0 saturated heterocycles. The Hall–Kier alpha value is -0.380. The lowest BCUT2D eigenvalue weighted by molar-refractivity contribution is -0.0543. The zero-order valence-corrected chi connectivity index (χ0v) is 13.0. The fraction of sp³-hybridized carbons (Fsp3) is 1.00. The van der Waals surface area contributed by atoms with Gasteiger partial charge < -0.3 is 9.47 Å². The molecular formula is C12H23F3O5S. The second-order valence-electron chi connectivity index (χ2n) is 4.36. The van der Waals surface area contributed by atoms with Crippen molar-refractivity contribution in [2.75, 3.05) is 33.0 Å². The lowest BCUT2D eigenvalue weighted by atomic mass is 10.3. The first-order chi connectivity index (χ1) is 9.81. The maximum absolute atomic E-state index is 11.9. The number of rotatable bonds is 13. The van der Waals surface area contributed by atoms with E-state index in [4.69, 9.17) is 9.47 Å². The molecule has 0 rings (SSSR count). The summed E-state index contributed by atoms with van der Waals surface area (Å²) in [4.78, 5) is 0. The first kappa shape index (κ1) is 20.6. The molecule has 128 valence electrons. The van der Waals surface area contributed by atoms with E-state index in [1.807, 2.05) is 0 Å². The van der Waals surface area contributed by atoms with Crippen LogP contribution in [-0.2, 0) is 23.8 Å². The van der Waals surface area contributed by atoms with Gasteiger partial charge in [-0.3, -0.25) is 4.18 Å². The zero-order valence-electron chi connectivity index (χ0n) is 12.2. The number of hydrogen-bond donors (Lipinski definition) is 0. The van der Waals surface area contributed by atoms with Crippen LogP contribution in [-0.4, -0.2) is 47.0 Å². The first-order valence-electron chi connectivity index (χ1n) is 6.92. The monoisotopic (exact) mass is 336 g/mol. The second-order valence-corrected chi connectivity index (χ2v) is 5.97. The molecule has 0 aliphatic rings. The average Bonchev–Trinajstić information content (AvgIpc) is 2.38. The van der Waals surface area contributed by atoms with E-state index < -0.39 is 22.2 Å². The summed E-state index contributed by atoms with van der Waals surface area (Å²) < 4.78 is 71.2. The van der Waals surface area contributed by atoms with Crippen molar-refractivity contribution in [3.63, 3.8) is 0 Å². The fourth-order valence-electron chi connectivity index (χ4n) is 1.26. The molecular weight excluding hydrogens is 313 g/mol. The molecule has 21 heavy (non-hydrogen) atoms. The summed E-state index contributed by atoms with van der Waals surface area (Å²) in [6.45, 7) is 3.80. The van der Waals surface area contributed by atoms with E-state index in [0.717, 1.165) is 25.9 Å². The van der Waals surface area contributed by atoms with Crippen LogP contribution in [0, 0.1) is 0 Å². The number of alkyl halides is 3. The van der Waals surface area contributed by atoms with Crippen molar-refractivity contribution in [3.8, 4) is 0 Å². The standard InChI is InChI=1S/C12H23F3O5S/c1-2-3-7-18-9-6-10-19-8-4-5-11-20-21(16,17)12(13,14)15/h2-11H2,1H3. The summed E-state index contributed by atoms with van der Waals surface area (Å²) in [6.07, 6.45) is 3.49. The summed E-state index contributed by atoms with van der Waals surface area (Å²) in [5.41, 5.74) is -5.36. The van der Waals surface area contributed by atoms with Crippen LogP contribution >= 0.6 is 0 Å². The molecule has 0 fully saturated rings. The van der Waals surface area contributed by atoms with Crippen LogP contribution in [0.3, 0.4) is 0 Å². The van der Waals surface area contributed by atoms with Gasteiger partial charge >= 0.3 is 15.6 Å². The number of hydrogen-bond acceptors (Lipinski definition) is 5. The van der Waals surface area contributed by atoms with Gasteiger partial charge in [0, 0.05) is 26.4 Å². The van der Waals surface area contributed by atoms with Crippen LogP contribution in [0.4, 0.5) is 13.2 Å². The number of ether oxygens (including phenoxy) is 2. The molecule has 0 aliphatic carbocycles. The predicted molar refractivity (Wildman–Crippen MR) is 71.3 cm³/mol. The van der Waals surface area contributed by atoms with E-state index in [2.05, 4.69) is 11.1 Å². The van der Waals surface area contributed by atoms with E-state index in [-0.39, 0.29) is 6.42 Å². The predicted octanol–water partition coefficient (Wildman–Crippen LogP) is 2.86. The van der Waals surface area contributed by atoms with Gasteiger partial charge in [-0.1, -0.05) is 13.3 Å². The van der Waals surface area contributed by atoms with Gasteiger partial charge in [-0.05, 0) is 25.7 Å². The fourth-order valence-corrected chi connectivity index (χ4v) is 1.73. The Kier molecular flexibility index (Phi) is 11.0. The molecule has 0 aliphatic heterocycles. The quantitative estimate of drug-likeness (QED) is 0.294. The van der Waals surface area contributed by atoms with Gasteiger partial charge in [0.15, 0.2) is 0 Å². The average molecular weight is 336 g/mol. The minimum Gasteiger partial charge on any atom is -0.381 e. The molecule has 0 spiro atoms. The Bertz CT molecular complexity index is 343. The Morgan fingerprint density at radius 3 is 1.81 bits per heavy atom. The minimum absolute atomic E-state index is 0.183. The molecule has 0 bridgehead atoms. The highest BCUT2D eigenvalue weighted by Crippen LogP contribution is 2.24. The summed E-state index contributed by atoms with van der Waals surface area (Å²) >= 11 is 0. The molecule has 0 saturated carbocycles. The Morgan fingerprint density at radius 2 is 1.29 bits per heavy atom. The van der Waals surface area contributed by atoms with Gasteiger partial charge in [-0.2, -0.15) is 21.6 Å². The van der Waals surface area contributed by atoms with Gasteiger partial charge in [0.25, 0.3) is 0 Å². The van der Waals surface area contributed by atoms with Crippen molar-refractivity contribution in [3.05, 3.63) is 0 Å². The Morgan fingerprint density at radius 1 is 0.810 bits per heavy atom. The van der Waals surface area contributed by atoms with Crippen LogP contribution in [0.1, 0.15) is 39.0 Å². The van der Waals surface area contributed by atoms with Gasteiger partial charge in [-0.25, -0.2) is 0 Å². The van der Waals surface area contributed by atoms with Crippen molar-refractivity contribution >= 4 is 10.1 Å². The third kappa shape index (κ3) is 10.9. The highest BCUT2D eigenvalue weighted by atomic mass is 32.2. The van der Waals surface area contributed by atoms with Crippen LogP contribution in [0.25, 0.3) is 0 Å². The normalized spacial score (nSPS) is 12.8. The first-order valence-corrected chi connectivity index (χ1v) is 8.33. The summed E-state index contributed by atoms with van der Waals surface area (Å²) in [7, 11) is -5.47. The lowest BCUT2D eigenvalue weighted by Gasteiger charge is -2.08. The molecule has 0 aromatic rings. The van der Waals surface area contributed by atoms with Crippen LogP contribution in [0.2, 0.25) is 0 Å². The number of unbranched alkanes of at least 4 members (excludes halogenated alkanes) is 2. The van der Waals surface area contributed by atoms with Crippen molar-refractivity contribution in [2.45, 2.75) is 44.5 Å². The van der Waals surface area contributed by atoms with Gasteiger partial charge in [-0.15, -0.1) is 0 Å². The van der Waals surface area contributed by atoms with Gasteiger partial charge in [0.05, 0.1) is 6.61 Å². The lowest BCUT2D eigenvalue weighted by Crippen LogP contribution is -2.25. The van der Waals surface area contributed by atoms with E-state index in [9.17, 15) is 21.6 Å². The Labute approximate surface area is 123 Å². The van der Waals surface area contributed by atoms with Crippen molar-refractivity contribution in [1.82, 2.24) is 0 Å². The molecule has 0 heterocycles.